The monoisotopic (exact) mass is 212 g/mol. The Kier molecular flexibility index (Phi) is 1.93. The van der Waals surface area contributed by atoms with Crippen LogP contribution in [-0.2, 0) is 7.05 Å². The Morgan fingerprint density at radius 1 is 1.25 bits per heavy atom. The van der Waals surface area contributed by atoms with Crippen molar-refractivity contribution in [3.8, 4) is 0 Å². The van der Waals surface area contributed by atoms with E-state index in [2.05, 4.69) is 54.7 Å². The van der Waals surface area contributed by atoms with E-state index in [9.17, 15) is 0 Å². The third-order valence-electron chi connectivity index (χ3n) is 3.29. The molecule has 0 unspecified atom stereocenters. The van der Waals surface area contributed by atoms with Gasteiger partial charge in [-0.2, -0.15) is 0 Å². The van der Waals surface area contributed by atoms with Gasteiger partial charge in [0.15, 0.2) is 0 Å². The summed E-state index contributed by atoms with van der Waals surface area (Å²) in [5.41, 5.74) is 5.20. The first-order valence-electron chi connectivity index (χ1n) is 5.80. The van der Waals surface area contributed by atoms with Crippen LogP contribution in [0.15, 0.2) is 30.6 Å². The number of allylic oxidation sites excluding steroid dienone is 2. The van der Waals surface area contributed by atoms with Crippen LogP contribution in [0.5, 0.6) is 0 Å². The third-order valence-corrected chi connectivity index (χ3v) is 3.29. The van der Waals surface area contributed by atoms with Gasteiger partial charge in [0.05, 0.1) is 17.4 Å². The Bertz CT molecular complexity index is 570. The number of benzene rings is 1. The number of hydrogen-bond donors (Lipinski definition) is 0. The fourth-order valence-corrected chi connectivity index (χ4v) is 2.32. The van der Waals surface area contributed by atoms with E-state index in [-0.39, 0.29) is 0 Å². The van der Waals surface area contributed by atoms with Crippen molar-refractivity contribution in [2.24, 2.45) is 7.05 Å². The predicted molar refractivity (Wildman–Crippen MR) is 66.7 cm³/mol. The number of aromatic nitrogens is 2. The van der Waals surface area contributed by atoms with Gasteiger partial charge in [-0.25, -0.2) is 4.98 Å². The van der Waals surface area contributed by atoms with Gasteiger partial charge in [0.2, 0.25) is 0 Å². The molecule has 0 amide bonds. The van der Waals surface area contributed by atoms with E-state index in [0.717, 1.165) is 0 Å². The zero-order valence-electron chi connectivity index (χ0n) is 9.94. The molecule has 0 atom stereocenters. The first kappa shape index (κ1) is 9.64. The number of aryl methyl sites for hydroxylation is 1. The van der Waals surface area contributed by atoms with Crippen LogP contribution in [0.2, 0.25) is 0 Å². The number of fused-ring (bicyclic) bond motifs is 1. The molecule has 0 fully saturated rings. The zero-order chi connectivity index (χ0) is 11.3. The van der Waals surface area contributed by atoms with E-state index in [4.69, 9.17) is 0 Å². The molecule has 2 aromatic rings. The Morgan fingerprint density at radius 2 is 2.00 bits per heavy atom. The second kappa shape index (κ2) is 3.21. The van der Waals surface area contributed by atoms with Crippen molar-refractivity contribution in [3.05, 3.63) is 41.7 Å². The lowest BCUT2D eigenvalue weighted by Gasteiger charge is -2.10. The summed E-state index contributed by atoms with van der Waals surface area (Å²) in [6, 6.07) is 4.49. The summed E-state index contributed by atoms with van der Waals surface area (Å²) in [6.07, 6.45) is 6.38. The average molecular weight is 212 g/mol. The summed E-state index contributed by atoms with van der Waals surface area (Å²) >= 11 is 0. The zero-order valence-corrected chi connectivity index (χ0v) is 9.94. The van der Waals surface area contributed by atoms with Crippen molar-refractivity contribution in [1.29, 1.82) is 0 Å². The van der Waals surface area contributed by atoms with E-state index >= 15 is 0 Å². The van der Waals surface area contributed by atoms with Gasteiger partial charge in [0.1, 0.15) is 0 Å². The van der Waals surface area contributed by atoms with Gasteiger partial charge in [-0.1, -0.05) is 38.1 Å². The van der Waals surface area contributed by atoms with Gasteiger partial charge < -0.3 is 4.57 Å². The molecule has 0 N–H and O–H groups in total. The molecule has 0 saturated carbocycles. The van der Waals surface area contributed by atoms with E-state index in [1.54, 1.807) is 0 Å². The van der Waals surface area contributed by atoms with Gasteiger partial charge in [-0.3, -0.25) is 0 Å². The summed E-state index contributed by atoms with van der Waals surface area (Å²) in [7, 11) is 2.07. The quantitative estimate of drug-likeness (QED) is 0.698. The minimum Gasteiger partial charge on any atom is -0.333 e. The number of hydrogen-bond acceptors (Lipinski definition) is 1. The first-order chi connectivity index (χ1) is 7.68. The summed E-state index contributed by atoms with van der Waals surface area (Å²) in [4.78, 5) is 4.55. The molecule has 1 aliphatic rings. The standard InChI is InChI=1S/C14H16N2/c1-9(2)11-6-7-12(10-4-5-10)14-13(11)15-8-16(14)3/h4-10H,1-3H3. The van der Waals surface area contributed by atoms with E-state index in [1.807, 2.05) is 6.33 Å². The van der Waals surface area contributed by atoms with Gasteiger partial charge in [0, 0.05) is 13.0 Å². The highest BCUT2D eigenvalue weighted by atomic mass is 15.0. The number of nitrogens with zero attached hydrogens (tertiary/aromatic N) is 2. The molecular formula is C14H16N2. The Labute approximate surface area is 95.6 Å². The van der Waals surface area contributed by atoms with Crippen LogP contribution in [0.3, 0.4) is 0 Å². The molecule has 0 aliphatic heterocycles. The van der Waals surface area contributed by atoms with Gasteiger partial charge in [0.25, 0.3) is 0 Å². The van der Waals surface area contributed by atoms with Crippen LogP contribution in [0, 0.1) is 0 Å². The highest BCUT2D eigenvalue weighted by Gasteiger charge is 2.20. The Morgan fingerprint density at radius 3 is 2.62 bits per heavy atom. The maximum Gasteiger partial charge on any atom is 0.0955 e. The molecule has 0 radical (unpaired) electrons. The van der Waals surface area contributed by atoms with Crippen LogP contribution >= 0.6 is 0 Å². The second-order valence-corrected chi connectivity index (χ2v) is 4.86. The topological polar surface area (TPSA) is 17.8 Å². The van der Waals surface area contributed by atoms with Crippen molar-refractivity contribution >= 4 is 11.0 Å². The van der Waals surface area contributed by atoms with Crippen molar-refractivity contribution in [2.75, 3.05) is 0 Å². The molecule has 2 heteroatoms. The average Bonchev–Trinajstić information content (AvgIpc) is 3.02. The SMILES string of the molecule is CC(C)c1ccc(C2C=C2)c2c1ncn2C. The molecule has 0 spiro atoms. The second-order valence-electron chi connectivity index (χ2n) is 4.86. The molecule has 82 valence electrons. The molecule has 3 rings (SSSR count). The largest absolute Gasteiger partial charge is 0.333 e. The van der Waals surface area contributed by atoms with Gasteiger partial charge in [-0.15, -0.1) is 0 Å². The van der Waals surface area contributed by atoms with Crippen LogP contribution in [0.25, 0.3) is 11.0 Å². The molecule has 1 aliphatic carbocycles. The fourth-order valence-electron chi connectivity index (χ4n) is 2.32. The summed E-state index contributed by atoms with van der Waals surface area (Å²) < 4.78 is 2.14. The number of rotatable bonds is 2. The normalized spacial score (nSPS) is 15.2. The summed E-state index contributed by atoms with van der Waals surface area (Å²) in [5.74, 6) is 1.07. The molecule has 0 saturated heterocycles. The van der Waals surface area contributed by atoms with Crippen molar-refractivity contribution in [3.63, 3.8) is 0 Å². The van der Waals surface area contributed by atoms with E-state index in [1.165, 1.54) is 22.2 Å². The van der Waals surface area contributed by atoms with Gasteiger partial charge >= 0.3 is 0 Å². The maximum absolute atomic E-state index is 4.55. The minimum absolute atomic E-state index is 0.526. The predicted octanol–water partition coefficient (Wildman–Crippen LogP) is 3.35. The lowest BCUT2D eigenvalue weighted by Crippen LogP contribution is -1.95. The highest BCUT2D eigenvalue weighted by Crippen LogP contribution is 2.36. The van der Waals surface area contributed by atoms with Crippen molar-refractivity contribution < 1.29 is 0 Å². The molecule has 1 heterocycles. The maximum atomic E-state index is 4.55. The molecule has 1 aromatic carbocycles. The molecule has 1 aromatic heterocycles. The molecule has 2 nitrogen and oxygen atoms in total. The van der Waals surface area contributed by atoms with Crippen LogP contribution in [0.1, 0.15) is 36.8 Å². The number of imidazole rings is 1. The minimum atomic E-state index is 0.526. The first-order valence-corrected chi connectivity index (χ1v) is 5.80. The van der Waals surface area contributed by atoms with Gasteiger partial charge in [-0.05, 0) is 17.0 Å². The summed E-state index contributed by atoms with van der Waals surface area (Å²) in [6.45, 7) is 4.44. The van der Waals surface area contributed by atoms with Crippen LogP contribution in [0.4, 0.5) is 0 Å². The smallest absolute Gasteiger partial charge is 0.0955 e. The molecule has 16 heavy (non-hydrogen) atoms. The van der Waals surface area contributed by atoms with Crippen LogP contribution < -0.4 is 0 Å². The van der Waals surface area contributed by atoms with Crippen molar-refractivity contribution in [2.45, 2.75) is 25.7 Å². The third kappa shape index (κ3) is 1.29. The Hall–Kier alpha value is -1.57. The summed E-state index contributed by atoms with van der Waals surface area (Å²) in [5, 5.41) is 0. The highest BCUT2D eigenvalue weighted by molar-refractivity contribution is 5.84. The van der Waals surface area contributed by atoms with E-state index < -0.39 is 0 Å². The fraction of sp³-hybridized carbons (Fsp3) is 0.357. The van der Waals surface area contributed by atoms with Crippen LogP contribution in [-0.4, -0.2) is 9.55 Å². The lowest BCUT2D eigenvalue weighted by molar-refractivity contribution is 0.872. The lowest BCUT2D eigenvalue weighted by atomic mass is 9.97. The Balaban J connectivity index is 2.31. The van der Waals surface area contributed by atoms with Crippen molar-refractivity contribution in [1.82, 2.24) is 9.55 Å². The van der Waals surface area contributed by atoms with E-state index in [0.29, 0.717) is 11.8 Å². The molecular weight excluding hydrogens is 196 g/mol. The molecule has 0 bridgehead atoms.